The van der Waals surface area contributed by atoms with Gasteiger partial charge in [-0.15, -0.1) is 0 Å². The van der Waals surface area contributed by atoms with Crippen molar-refractivity contribution < 1.29 is 0 Å². The second kappa shape index (κ2) is 4.12. The first kappa shape index (κ1) is 13.1. The van der Waals surface area contributed by atoms with E-state index in [1.807, 2.05) is 0 Å². The van der Waals surface area contributed by atoms with E-state index in [0.29, 0.717) is 0 Å². The Morgan fingerprint density at radius 1 is 0.611 bits per heavy atom. The van der Waals surface area contributed by atoms with Crippen LogP contribution in [-0.2, 0) is 10.8 Å². The Morgan fingerprint density at radius 2 is 1.00 bits per heavy atom. The Kier molecular flexibility index (Phi) is 3.01. The highest BCUT2D eigenvalue weighted by atomic mass is 14.3. The summed E-state index contributed by atoms with van der Waals surface area (Å²) in [5.41, 5.74) is 6.10. The van der Waals surface area contributed by atoms with Crippen LogP contribution in [0.3, 0.4) is 0 Å². The van der Waals surface area contributed by atoms with Crippen LogP contribution in [0.1, 0.15) is 52.7 Å². The summed E-state index contributed by atoms with van der Waals surface area (Å²) in [4.78, 5) is 0. The van der Waals surface area contributed by atoms with Crippen molar-refractivity contribution in [2.24, 2.45) is 0 Å². The fourth-order valence-corrected chi connectivity index (χ4v) is 2.56. The SMILES string of the molecule is CC(C)(C)c1cc(C(C)(C)C)c2cccccc1-2. The molecule has 0 radical (unpaired) electrons. The fourth-order valence-electron chi connectivity index (χ4n) is 2.56. The first-order chi connectivity index (χ1) is 8.21. The van der Waals surface area contributed by atoms with Crippen LogP contribution in [0, 0.1) is 0 Å². The highest BCUT2D eigenvalue weighted by Gasteiger charge is 2.28. The average molecular weight is 240 g/mol. The van der Waals surface area contributed by atoms with Crippen LogP contribution in [0.4, 0.5) is 0 Å². The minimum absolute atomic E-state index is 0.191. The standard InChI is InChI=1S/C18H24/c1-17(2,3)15-12-16(18(4,5)6)14-11-9-7-8-10-13(14)15/h7-12H,1-6H3. The van der Waals surface area contributed by atoms with Crippen LogP contribution in [0.25, 0.3) is 11.1 Å². The number of hydrogen-bond donors (Lipinski definition) is 0. The zero-order chi connectivity index (χ0) is 13.6. The van der Waals surface area contributed by atoms with Crippen molar-refractivity contribution >= 4 is 0 Å². The van der Waals surface area contributed by atoms with Gasteiger partial charge in [0.05, 0.1) is 0 Å². The fraction of sp³-hybridized carbons (Fsp3) is 0.444. The van der Waals surface area contributed by atoms with Crippen LogP contribution in [-0.4, -0.2) is 0 Å². The second-order valence-corrected chi connectivity index (χ2v) is 7.21. The van der Waals surface area contributed by atoms with Gasteiger partial charge in [-0.1, -0.05) is 77.9 Å². The maximum Gasteiger partial charge on any atom is -0.0126 e. The largest absolute Gasteiger partial charge is 0.0622 e. The summed E-state index contributed by atoms with van der Waals surface area (Å²) in [7, 11) is 0. The average Bonchev–Trinajstić information content (AvgIpc) is 2.42. The van der Waals surface area contributed by atoms with E-state index in [-0.39, 0.29) is 10.8 Å². The molecule has 0 unspecified atom stereocenters. The van der Waals surface area contributed by atoms with E-state index in [0.717, 1.165) is 0 Å². The van der Waals surface area contributed by atoms with E-state index < -0.39 is 0 Å². The third kappa shape index (κ3) is 2.29. The van der Waals surface area contributed by atoms with E-state index in [9.17, 15) is 0 Å². The number of hydrogen-bond acceptors (Lipinski definition) is 0. The molecule has 2 aliphatic rings. The summed E-state index contributed by atoms with van der Waals surface area (Å²) >= 11 is 0. The summed E-state index contributed by atoms with van der Waals surface area (Å²) in [6.45, 7) is 13.8. The zero-order valence-electron chi connectivity index (χ0n) is 12.5. The van der Waals surface area contributed by atoms with E-state index >= 15 is 0 Å². The molecule has 0 spiro atoms. The number of fused-ring (bicyclic) bond motifs is 1. The van der Waals surface area contributed by atoms with Gasteiger partial charge in [0.25, 0.3) is 0 Å². The molecular weight excluding hydrogens is 216 g/mol. The minimum atomic E-state index is 0.191. The molecule has 2 rings (SSSR count). The maximum absolute atomic E-state index is 2.41. The van der Waals surface area contributed by atoms with Gasteiger partial charge in [-0.05, 0) is 33.1 Å². The predicted octanol–water partition coefficient (Wildman–Crippen LogP) is 5.39. The van der Waals surface area contributed by atoms with Crippen molar-refractivity contribution in [2.45, 2.75) is 52.4 Å². The van der Waals surface area contributed by atoms with Crippen molar-refractivity contribution in [2.75, 3.05) is 0 Å². The molecule has 0 atom stereocenters. The lowest BCUT2D eigenvalue weighted by Crippen LogP contribution is -2.11. The quantitative estimate of drug-likeness (QED) is 0.579. The summed E-state index contributed by atoms with van der Waals surface area (Å²) in [5.74, 6) is 0. The molecule has 0 nitrogen and oxygen atoms in total. The summed E-state index contributed by atoms with van der Waals surface area (Å²) in [5, 5.41) is 0. The first-order valence-corrected chi connectivity index (χ1v) is 6.74. The Balaban J connectivity index is 2.78. The van der Waals surface area contributed by atoms with E-state index in [2.05, 4.69) is 77.9 Å². The van der Waals surface area contributed by atoms with Gasteiger partial charge in [-0.3, -0.25) is 0 Å². The molecule has 0 saturated heterocycles. The molecule has 0 N–H and O–H groups in total. The van der Waals surface area contributed by atoms with Gasteiger partial charge in [-0.25, -0.2) is 0 Å². The second-order valence-electron chi connectivity index (χ2n) is 7.21. The van der Waals surface area contributed by atoms with Gasteiger partial charge >= 0.3 is 0 Å². The monoisotopic (exact) mass is 240 g/mol. The summed E-state index contributed by atoms with van der Waals surface area (Å²) < 4.78 is 0. The molecule has 0 aliphatic heterocycles. The normalized spacial score (nSPS) is 13.0. The molecule has 0 amide bonds. The molecule has 0 saturated carbocycles. The third-order valence-electron chi connectivity index (χ3n) is 3.52. The topological polar surface area (TPSA) is 0 Å². The van der Waals surface area contributed by atoms with Crippen LogP contribution < -0.4 is 0 Å². The lowest BCUT2D eigenvalue weighted by molar-refractivity contribution is 0.581. The van der Waals surface area contributed by atoms with Crippen molar-refractivity contribution in [1.82, 2.24) is 0 Å². The van der Waals surface area contributed by atoms with Crippen molar-refractivity contribution in [3.05, 3.63) is 47.5 Å². The Bertz CT molecular complexity index is 475. The van der Waals surface area contributed by atoms with Crippen LogP contribution in [0.15, 0.2) is 36.4 Å². The predicted molar refractivity (Wildman–Crippen MR) is 80.5 cm³/mol. The zero-order valence-corrected chi connectivity index (χ0v) is 12.5. The lowest BCUT2D eigenvalue weighted by Gasteiger charge is -2.19. The molecule has 0 bridgehead atoms. The smallest absolute Gasteiger partial charge is 0.0126 e. The highest BCUT2D eigenvalue weighted by molar-refractivity contribution is 5.77. The number of rotatable bonds is 0. The molecule has 0 heteroatoms. The Labute approximate surface area is 111 Å². The van der Waals surface area contributed by atoms with Gasteiger partial charge < -0.3 is 0 Å². The third-order valence-corrected chi connectivity index (χ3v) is 3.52. The molecule has 0 aromatic rings. The minimum Gasteiger partial charge on any atom is -0.0622 e. The van der Waals surface area contributed by atoms with Gasteiger partial charge in [0.1, 0.15) is 0 Å². The molecule has 0 heterocycles. The molecule has 0 aromatic heterocycles. The molecule has 96 valence electrons. The molecule has 2 aliphatic carbocycles. The molecular formula is C18H24. The first-order valence-electron chi connectivity index (χ1n) is 6.74. The highest BCUT2D eigenvalue weighted by Crippen LogP contribution is 2.43. The van der Waals surface area contributed by atoms with E-state index in [1.54, 1.807) is 0 Å². The van der Waals surface area contributed by atoms with Crippen LogP contribution in [0.2, 0.25) is 0 Å². The van der Waals surface area contributed by atoms with Crippen molar-refractivity contribution in [3.8, 4) is 11.1 Å². The molecule has 0 fully saturated rings. The van der Waals surface area contributed by atoms with Gasteiger partial charge in [-0.2, -0.15) is 0 Å². The van der Waals surface area contributed by atoms with Gasteiger partial charge in [0.15, 0.2) is 0 Å². The molecule has 18 heavy (non-hydrogen) atoms. The van der Waals surface area contributed by atoms with Crippen molar-refractivity contribution in [3.63, 3.8) is 0 Å². The summed E-state index contributed by atoms with van der Waals surface area (Å²) in [6.07, 6.45) is 0. The van der Waals surface area contributed by atoms with Gasteiger partial charge in [0.2, 0.25) is 0 Å². The van der Waals surface area contributed by atoms with E-state index in [4.69, 9.17) is 0 Å². The lowest BCUT2D eigenvalue weighted by atomic mass is 9.85. The molecule has 0 aromatic carbocycles. The maximum atomic E-state index is 2.41. The summed E-state index contributed by atoms with van der Waals surface area (Å²) in [6, 6.07) is 13.3. The van der Waals surface area contributed by atoms with Crippen molar-refractivity contribution in [1.29, 1.82) is 0 Å². The van der Waals surface area contributed by atoms with E-state index in [1.165, 1.54) is 22.3 Å². The van der Waals surface area contributed by atoms with Gasteiger partial charge in [0, 0.05) is 0 Å². The Morgan fingerprint density at radius 3 is 1.33 bits per heavy atom. The van der Waals surface area contributed by atoms with Crippen LogP contribution in [0.5, 0.6) is 0 Å². The Hall–Kier alpha value is -1.30. The van der Waals surface area contributed by atoms with Crippen LogP contribution >= 0.6 is 0 Å².